The number of H-pyrrole nitrogens is 1. The summed E-state index contributed by atoms with van der Waals surface area (Å²) in [7, 11) is 0. The van der Waals surface area contributed by atoms with Gasteiger partial charge in [0.2, 0.25) is 0 Å². The minimum absolute atomic E-state index is 0.194. The van der Waals surface area contributed by atoms with E-state index in [1.54, 1.807) is 6.92 Å². The Morgan fingerprint density at radius 3 is 2.74 bits per heavy atom. The Balaban J connectivity index is 1.89. The number of amides is 1. The van der Waals surface area contributed by atoms with E-state index in [4.69, 9.17) is 0 Å². The molecule has 1 saturated carbocycles. The zero-order chi connectivity index (χ0) is 13.8. The molecule has 0 spiro atoms. The third-order valence-corrected chi connectivity index (χ3v) is 4.55. The summed E-state index contributed by atoms with van der Waals surface area (Å²) in [4.78, 5) is 27.2. The summed E-state index contributed by atoms with van der Waals surface area (Å²) in [5, 5.41) is 2.87. The van der Waals surface area contributed by atoms with Crippen molar-refractivity contribution in [2.75, 3.05) is 6.54 Å². The summed E-state index contributed by atoms with van der Waals surface area (Å²) in [6, 6.07) is 1.45. The van der Waals surface area contributed by atoms with Crippen molar-refractivity contribution in [3.05, 3.63) is 33.7 Å². The van der Waals surface area contributed by atoms with Gasteiger partial charge in [0.05, 0.1) is 0 Å². The zero-order valence-corrected chi connectivity index (χ0v) is 12.6. The van der Waals surface area contributed by atoms with E-state index in [-0.39, 0.29) is 16.9 Å². The lowest BCUT2D eigenvalue weighted by atomic mass is 9.89. The predicted molar refractivity (Wildman–Crippen MR) is 78.8 cm³/mol. The van der Waals surface area contributed by atoms with Crippen LogP contribution in [0.5, 0.6) is 0 Å². The van der Waals surface area contributed by atoms with Crippen LogP contribution in [0.15, 0.2) is 17.1 Å². The van der Waals surface area contributed by atoms with Crippen LogP contribution >= 0.6 is 15.9 Å². The molecular formula is C14H19BrN2O2. The number of carbonyl (C=O) groups is 1. The number of rotatable bonds is 3. The standard InChI is InChI=1S/C14H19BrN2O2/c1-9-6-13(18)12(8-16-9)14(19)17-7-10-2-4-11(15)5-3-10/h6,8,10-11H,2-5,7H2,1H3,(H,16,18)(H,17,19). The smallest absolute Gasteiger partial charge is 0.256 e. The van der Waals surface area contributed by atoms with Crippen LogP contribution in [0.4, 0.5) is 0 Å². The molecule has 2 N–H and O–H groups in total. The van der Waals surface area contributed by atoms with Crippen molar-refractivity contribution in [3.8, 4) is 0 Å². The van der Waals surface area contributed by atoms with Gasteiger partial charge >= 0.3 is 0 Å². The van der Waals surface area contributed by atoms with Gasteiger partial charge in [0, 0.05) is 29.3 Å². The molecule has 0 bridgehead atoms. The first-order valence-corrected chi connectivity index (χ1v) is 7.59. The van der Waals surface area contributed by atoms with Gasteiger partial charge in [-0.05, 0) is 38.5 Å². The number of alkyl halides is 1. The molecule has 4 nitrogen and oxygen atoms in total. The SMILES string of the molecule is Cc1cc(=O)c(C(=O)NCC2CCC(Br)CC2)c[nH]1. The molecular weight excluding hydrogens is 308 g/mol. The molecule has 0 aromatic carbocycles. The third-order valence-electron chi connectivity index (χ3n) is 3.63. The van der Waals surface area contributed by atoms with E-state index in [9.17, 15) is 9.59 Å². The normalized spacial score (nSPS) is 23.1. The lowest BCUT2D eigenvalue weighted by molar-refractivity contribution is 0.0942. The Bertz CT molecular complexity index is 504. The lowest BCUT2D eigenvalue weighted by Gasteiger charge is -2.25. The first-order chi connectivity index (χ1) is 9.06. The van der Waals surface area contributed by atoms with Gasteiger partial charge in [0.25, 0.3) is 5.91 Å². The molecule has 1 aliphatic rings. The molecule has 0 radical (unpaired) electrons. The summed E-state index contributed by atoms with van der Waals surface area (Å²) in [5.74, 6) is 0.254. The second-order valence-electron chi connectivity index (χ2n) is 5.22. The number of halogens is 1. The number of hydrogen-bond donors (Lipinski definition) is 2. The fourth-order valence-corrected chi connectivity index (χ4v) is 2.94. The molecule has 1 fully saturated rings. The van der Waals surface area contributed by atoms with Crippen LogP contribution in [0.1, 0.15) is 41.7 Å². The average molecular weight is 327 g/mol. The molecule has 1 heterocycles. The Morgan fingerprint density at radius 2 is 2.11 bits per heavy atom. The minimum Gasteiger partial charge on any atom is -0.364 e. The highest BCUT2D eigenvalue weighted by Crippen LogP contribution is 2.28. The number of aryl methyl sites for hydroxylation is 1. The van der Waals surface area contributed by atoms with Crippen molar-refractivity contribution in [2.24, 2.45) is 5.92 Å². The highest BCUT2D eigenvalue weighted by molar-refractivity contribution is 9.09. The second kappa shape index (κ2) is 6.37. The maximum absolute atomic E-state index is 11.9. The maximum atomic E-state index is 11.9. The van der Waals surface area contributed by atoms with Crippen molar-refractivity contribution in [1.82, 2.24) is 10.3 Å². The third kappa shape index (κ3) is 3.93. The molecule has 1 aromatic rings. The van der Waals surface area contributed by atoms with E-state index in [2.05, 4.69) is 26.2 Å². The number of aromatic amines is 1. The Kier molecular flexibility index (Phi) is 4.80. The van der Waals surface area contributed by atoms with Crippen molar-refractivity contribution >= 4 is 21.8 Å². The Morgan fingerprint density at radius 1 is 1.42 bits per heavy atom. The van der Waals surface area contributed by atoms with Crippen molar-refractivity contribution < 1.29 is 4.79 Å². The summed E-state index contributed by atoms with van der Waals surface area (Å²) in [5.41, 5.74) is 0.731. The van der Waals surface area contributed by atoms with Crippen LogP contribution in [-0.4, -0.2) is 22.3 Å². The summed E-state index contributed by atoms with van der Waals surface area (Å²) in [6.07, 6.45) is 6.06. The Labute approximate surface area is 121 Å². The zero-order valence-electron chi connectivity index (χ0n) is 11.0. The molecule has 5 heteroatoms. The average Bonchev–Trinajstić information content (AvgIpc) is 2.37. The van der Waals surface area contributed by atoms with Crippen molar-refractivity contribution in [3.63, 3.8) is 0 Å². The quantitative estimate of drug-likeness (QED) is 0.837. The van der Waals surface area contributed by atoms with Crippen LogP contribution in [0.2, 0.25) is 0 Å². The van der Waals surface area contributed by atoms with E-state index >= 15 is 0 Å². The van der Waals surface area contributed by atoms with Gasteiger partial charge in [-0.3, -0.25) is 9.59 Å². The van der Waals surface area contributed by atoms with Crippen LogP contribution in [0, 0.1) is 12.8 Å². The molecule has 2 rings (SSSR count). The second-order valence-corrected chi connectivity index (χ2v) is 6.52. The minimum atomic E-state index is -0.276. The Hall–Kier alpha value is -1.10. The first-order valence-electron chi connectivity index (χ1n) is 6.68. The first kappa shape index (κ1) is 14.3. The summed E-state index contributed by atoms with van der Waals surface area (Å²) in [6.45, 7) is 2.45. The van der Waals surface area contributed by atoms with Gasteiger partial charge < -0.3 is 10.3 Å². The van der Waals surface area contributed by atoms with Crippen molar-refractivity contribution in [2.45, 2.75) is 37.4 Å². The van der Waals surface area contributed by atoms with E-state index in [0.717, 1.165) is 31.4 Å². The molecule has 1 aliphatic carbocycles. The van der Waals surface area contributed by atoms with E-state index in [0.29, 0.717) is 17.3 Å². The number of aromatic nitrogens is 1. The van der Waals surface area contributed by atoms with Gasteiger partial charge in [-0.15, -0.1) is 0 Å². The molecule has 1 amide bonds. The monoisotopic (exact) mass is 326 g/mol. The number of carbonyl (C=O) groups excluding carboxylic acids is 1. The molecule has 104 valence electrons. The van der Waals surface area contributed by atoms with Crippen LogP contribution < -0.4 is 10.7 Å². The van der Waals surface area contributed by atoms with Gasteiger partial charge in [0.1, 0.15) is 5.56 Å². The molecule has 0 atom stereocenters. The van der Waals surface area contributed by atoms with Crippen molar-refractivity contribution in [1.29, 1.82) is 0 Å². The molecule has 0 unspecified atom stereocenters. The van der Waals surface area contributed by atoms with Gasteiger partial charge in [-0.1, -0.05) is 15.9 Å². The summed E-state index contributed by atoms with van der Waals surface area (Å²) >= 11 is 3.62. The summed E-state index contributed by atoms with van der Waals surface area (Å²) < 4.78 is 0. The number of pyridine rings is 1. The van der Waals surface area contributed by atoms with Gasteiger partial charge in [-0.25, -0.2) is 0 Å². The van der Waals surface area contributed by atoms with E-state index in [1.165, 1.54) is 12.3 Å². The highest BCUT2D eigenvalue weighted by atomic mass is 79.9. The highest BCUT2D eigenvalue weighted by Gasteiger charge is 2.20. The topological polar surface area (TPSA) is 62.0 Å². The molecule has 0 saturated heterocycles. The molecule has 1 aromatic heterocycles. The molecule has 19 heavy (non-hydrogen) atoms. The molecule has 0 aliphatic heterocycles. The largest absolute Gasteiger partial charge is 0.364 e. The van der Waals surface area contributed by atoms with Gasteiger partial charge in [0.15, 0.2) is 5.43 Å². The van der Waals surface area contributed by atoms with Crippen LogP contribution in [0.3, 0.4) is 0 Å². The fourth-order valence-electron chi connectivity index (χ4n) is 2.41. The predicted octanol–water partition coefficient (Wildman–Crippen LogP) is 2.37. The maximum Gasteiger partial charge on any atom is 0.256 e. The van der Waals surface area contributed by atoms with E-state index < -0.39 is 0 Å². The van der Waals surface area contributed by atoms with E-state index in [1.807, 2.05) is 0 Å². The fraction of sp³-hybridized carbons (Fsp3) is 0.571. The number of hydrogen-bond acceptors (Lipinski definition) is 2. The van der Waals surface area contributed by atoms with Crippen LogP contribution in [-0.2, 0) is 0 Å². The van der Waals surface area contributed by atoms with Crippen LogP contribution in [0.25, 0.3) is 0 Å². The lowest BCUT2D eigenvalue weighted by Crippen LogP contribution is -2.34. The number of nitrogens with one attached hydrogen (secondary N) is 2. The van der Waals surface area contributed by atoms with Gasteiger partial charge in [-0.2, -0.15) is 0 Å².